The molecule has 0 atom stereocenters. The Morgan fingerprint density at radius 3 is 2.09 bits per heavy atom. The van der Waals surface area contributed by atoms with Gasteiger partial charge in [0.25, 0.3) is 0 Å². The first-order valence-corrected chi connectivity index (χ1v) is 4.62. The Hall–Kier alpha value is -0.0600. The van der Waals surface area contributed by atoms with Crippen LogP contribution in [-0.4, -0.2) is 4.98 Å². The van der Waals surface area contributed by atoms with Crippen LogP contribution < -0.4 is 0 Å². The molecule has 3 heteroatoms. The number of oxazole rings is 1. The third kappa shape index (κ3) is 1.95. The van der Waals surface area contributed by atoms with E-state index in [0.717, 1.165) is 15.4 Å². The summed E-state index contributed by atoms with van der Waals surface area (Å²) in [5, 5.41) is 0. The predicted molar refractivity (Wildman–Crippen MR) is 52.7 cm³/mol. The molecule has 1 aromatic heterocycles. The van der Waals surface area contributed by atoms with Crippen LogP contribution in [0, 0.1) is 10.6 Å². The molecule has 0 spiro atoms. The number of hydrogen-bond donors (Lipinski definition) is 0. The third-order valence-corrected chi connectivity index (χ3v) is 2.38. The zero-order valence-electron chi connectivity index (χ0n) is 7.23. The molecular formula is C8H12INO. The molecule has 2 nitrogen and oxygen atoms in total. The van der Waals surface area contributed by atoms with Crippen LogP contribution in [-0.2, 0) is 5.41 Å². The van der Waals surface area contributed by atoms with Crippen LogP contribution in [0.15, 0.2) is 4.42 Å². The molecule has 0 bridgehead atoms. The SMILES string of the molecule is Cc1oc(C(C)(C)C)nc1I. The highest BCUT2D eigenvalue weighted by Crippen LogP contribution is 2.23. The first-order valence-electron chi connectivity index (χ1n) is 3.54. The van der Waals surface area contributed by atoms with Crippen LogP contribution in [0.25, 0.3) is 0 Å². The molecule has 0 fully saturated rings. The fourth-order valence-corrected chi connectivity index (χ4v) is 1.03. The molecule has 0 unspecified atom stereocenters. The van der Waals surface area contributed by atoms with Gasteiger partial charge in [0.2, 0.25) is 5.89 Å². The van der Waals surface area contributed by atoms with Crippen molar-refractivity contribution in [3.8, 4) is 0 Å². The first-order chi connectivity index (χ1) is 4.91. The van der Waals surface area contributed by atoms with Gasteiger partial charge < -0.3 is 4.42 Å². The van der Waals surface area contributed by atoms with Gasteiger partial charge in [0.1, 0.15) is 9.46 Å². The molecule has 0 N–H and O–H groups in total. The fourth-order valence-electron chi connectivity index (χ4n) is 0.699. The van der Waals surface area contributed by atoms with Crippen LogP contribution >= 0.6 is 22.6 Å². The van der Waals surface area contributed by atoms with E-state index in [1.165, 1.54) is 0 Å². The summed E-state index contributed by atoms with van der Waals surface area (Å²) in [5.41, 5.74) is 0.0220. The third-order valence-electron chi connectivity index (χ3n) is 1.38. The van der Waals surface area contributed by atoms with Gasteiger partial charge in [-0.1, -0.05) is 20.8 Å². The Labute approximate surface area is 80.5 Å². The first kappa shape index (κ1) is 9.03. The monoisotopic (exact) mass is 265 g/mol. The van der Waals surface area contributed by atoms with Gasteiger partial charge in [-0.05, 0) is 29.5 Å². The Kier molecular flexibility index (Phi) is 2.27. The topological polar surface area (TPSA) is 26.0 Å². The lowest BCUT2D eigenvalue weighted by Crippen LogP contribution is -2.11. The highest BCUT2D eigenvalue weighted by atomic mass is 127. The highest BCUT2D eigenvalue weighted by molar-refractivity contribution is 14.1. The molecular weight excluding hydrogens is 253 g/mol. The van der Waals surface area contributed by atoms with Crippen molar-refractivity contribution in [2.75, 3.05) is 0 Å². The Balaban J connectivity index is 3.08. The van der Waals surface area contributed by atoms with Gasteiger partial charge >= 0.3 is 0 Å². The predicted octanol–water partition coefficient (Wildman–Crippen LogP) is 2.89. The van der Waals surface area contributed by atoms with Crippen molar-refractivity contribution in [2.24, 2.45) is 0 Å². The summed E-state index contributed by atoms with van der Waals surface area (Å²) in [4.78, 5) is 4.30. The van der Waals surface area contributed by atoms with Crippen molar-refractivity contribution in [1.29, 1.82) is 0 Å². The lowest BCUT2D eigenvalue weighted by atomic mass is 9.97. The summed E-state index contributed by atoms with van der Waals surface area (Å²) in [7, 11) is 0. The van der Waals surface area contributed by atoms with Crippen molar-refractivity contribution in [1.82, 2.24) is 4.98 Å². The minimum Gasteiger partial charge on any atom is -0.444 e. The van der Waals surface area contributed by atoms with Gasteiger partial charge in [0.15, 0.2) is 0 Å². The van der Waals surface area contributed by atoms with E-state index < -0.39 is 0 Å². The van der Waals surface area contributed by atoms with E-state index in [4.69, 9.17) is 4.42 Å². The summed E-state index contributed by atoms with van der Waals surface area (Å²) < 4.78 is 6.43. The smallest absolute Gasteiger partial charge is 0.200 e. The van der Waals surface area contributed by atoms with Crippen molar-refractivity contribution in [3.05, 3.63) is 15.4 Å². The van der Waals surface area contributed by atoms with Crippen LogP contribution in [0.5, 0.6) is 0 Å². The van der Waals surface area contributed by atoms with E-state index >= 15 is 0 Å². The minimum atomic E-state index is 0.0220. The standard InChI is InChI=1S/C8H12INO/c1-5-6(9)10-7(11-5)8(2,3)4/h1-4H3. The number of nitrogens with zero attached hydrogens (tertiary/aromatic N) is 1. The fraction of sp³-hybridized carbons (Fsp3) is 0.625. The average Bonchev–Trinajstić information content (AvgIpc) is 2.11. The lowest BCUT2D eigenvalue weighted by Gasteiger charge is -2.11. The summed E-state index contributed by atoms with van der Waals surface area (Å²) in [6.07, 6.45) is 0. The number of aromatic nitrogens is 1. The molecule has 0 aliphatic carbocycles. The highest BCUT2D eigenvalue weighted by Gasteiger charge is 2.21. The van der Waals surface area contributed by atoms with Gasteiger partial charge in [-0.2, -0.15) is 0 Å². The summed E-state index contributed by atoms with van der Waals surface area (Å²) in [6, 6.07) is 0. The molecule has 1 heterocycles. The van der Waals surface area contributed by atoms with Crippen LogP contribution in [0.1, 0.15) is 32.4 Å². The summed E-state index contributed by atoms with van der Waals surface area (Å²) in [5.74, 6) is 1.73. The van der Waals surface area contributed by atoms with E-state index in [1.54, 1.807) is 0 Å². The molecule has 0 aliphatic heterocycles. The maximum Gasteiger partial charge on any atom is 0.200 e. The molecule has 62 valence electrons. The van der Waals surface area contributed by atoms with Gasteiger partial charge in [0.05, 0.1) is 0 Å². The maximum atomic E-state index is 5.46. The largest absolute Gasteiger partial charge is 0.444 e. The molecule has 0 amide bonds. The zero-order valence-corrected chi connectivity index (χ0v) is 9.39. The Morgan fingerprint density at radius 2 is 1.91 bits per heavy atom. The molecule has 1 aromatic rings. The minimum absolute atomic E-state index is 0.0220. The van der Waals surface area contributed by atoms with E-state index in [-0.39, 0.29) is 5.41 Å². The lowest BCUT2D eigenvalue weighted by molar-refractivity contribution is 0.380. The molecule has 11 heavy (non-hydrogen) atoms. The van der Waals surface area contributed by atoms with Crippen LogP contribution in [0.2, 0.25) is 0 Å². The molecule has 0 aliphatic rings. The van der Waals surface area contributed by atoms with Crippen LogP contribution in [0.4, 0.5) is 0 Å². The number of aryl methyl sites for hydroxylation is 1. The van der Waals surface area contributed by atoms with E-state index in [9.17, 15) is 0 Å². The van der Waals surface area contributed by atoms with Crippen LogP contribution in [0.3, 0.4) is 0 Å². The second-order valence-electron chi connectivity index (χ2n) is 3.62. The van der Waals surface area contributed by atoms with Gasteiger partial charge in [-0.3, -0.25) is 0 Å². The second kappa shape index (κ2) is 2.77. The molecule has 0 saturated carbocycles. The Bertz CT molecular complexity index is 240. The van der Waals surface area contributed by atoms with Gasteiger partial charge in [-0.15, -0.1) is 0 Å². The van der Waals surface area contributed by atoms with E-state index in [2.05, 4.69) is 48.3 Å². The molecule has 0 aromatic carbocycles. The van der Waals surface area contributed by atoms with Crippen molar-refractivity contribution >= 4 is 22.6 Å². The zero-order chi connectivity index (χ0) is 8.65. The number of halogens is 1. The number of hydrogen-bond acceptors (Lipinski definition) is 2. The normalized spacial score (nSPS) is 12.1. The van der Waals surface area contributed by atoms with Gasteiger partial charge in [0, 0.05) is 5.41 Å². The van der Waals surface area contributed by atoms with Gasteiger partial charge in [-0.25, -0.2) is 4.98 Å². The average molecular weight is 265 g/mol. The van der Waals surface area contributed by atoms with Crippen molar-refractivity contribution < 1.29 is 4.42 Å². The Morgan fingerprint density at radius 1 is 1.36 bits per heavy atom. The molecule has 1 rings (SSSR count). The van der Waals surface area contributed by atoms with Crippen molar-refractivity contribution in [3.63, 3.8) is 0 Å². The number of rotatable bonds is 0. The molecule has 0 saturated heterocycles. The van der Waals surface area contributed by atoms with Crippen molar-refractivity contribution in [2.45, 2.75) is 33.1 Å². The van der Waals surface area contributed by atoms with E-state index in [1.807, 2.05) is 6.92 Å². The quantitative estimate of drug-likeness (QED) is 0.674. The second-order valence-corrected chi connectivity index (χ2v) is 4.64. The molecule has 0 radical (unpaired) electrons. The summed E-state index contributed by atoms with van der Waals surface area (Å²) >= 11 is 2.18. The summed E-state index contributed by atoms with van der Waals surface area (Å²) in [6.45, 7) is 8.21. The van der Waals surface area contributed by atoms with E-state index in [0.29, 0.717) is 0 Å². The maximum absolute atomic E-state index is 5.46.